The van der Waals surface area contributed by atoms with E-state index in [4.69, 9.17) is 9.47 Å². The average Bonchev–Trinajstić information content (AvgIpc) is 2.80. The molecule has 0 aromatic rings. The van der Waals surface area contributed by atoms with Crippen LogP contribution in [0.1, 0.15) is 59.8 Å². The van der Waals surface area contributed by atoms with Gasteiger partial charge in [0.05, 0.1) is 16.7 Å². The van der Waals surface area contributed by atoms with Crippen molar-refractivity contribution in [3.63, 3.8) is 0 Å². The first kappa shape index (κ1) is 19.7. The van der Waals surface area contributed by atoms with E-state index in [2.05, 4.69) is 0 Å². The maximum Gasteiger partial charge on any atom is 0.410 e. The van der Waals surface area contributed by atoms with Crippen LogP contribution in [-0.2, 0) is 19.1 Å². The second-order valence-electron chi connectivity index (χ2n) is 8.81. The smallest absolute Gasteiger partial charge is 0.410 e. The van der Waals surface area contributed by atoms with Crippen LogP contribution in [0.5, 0.6) is 0 Å². The summed E-state index contributed by atoms with van der Waals surface area (Å²) in [4.78, 5) is 41.0. The predicted molar refractivity (Wildman–Crippen MR) is 98.7 cm³/mol. The molecule has 1 atom stereocenters. The van der Waals surface area contributed by atoms with Crippen LogP contribution in [-0.4, -0.2) is 59.6 Å². The third-order valence-electron chi connectivity index (χ3n) is 5.74. The van der Waals surface area contributed by atoms with E-state index in [1.165, 1.54) is 0 Å². The van der Waals surface area contributed by atoms with Crippen LogP contribution >= 0.6 is 0 Å². The lowest BCUT2D eigenvalue weighted by atomic mass is 9.73. The van der Waals surface area contributed by atoms with Crippen molar-refractivity contribution in [2.24, 2.45) is 5.41 Å². The Morgan fingerprint density at radius 1 is 1.07 bits per heavy atom. The summed E-state index contributed by atoms with van der Waals surface area (Å²) in [5.41, 5.74) is 0.243. The lowest BCUT2D eigenvalue weighted by Crippen LogP contribution is -2.49. The largest absolute Gasteiger partial charge is 0.456 e. The summed E-state index contributed by atoms with van der Waals surface area (Å²) in [7, 11) is 0. The molecule has 7 nitrogen and oxygen atoms in total. The third kappa shape index (κ3) is 3.96. The topological polar surface area (TPSA) is 76.2 Å². The van der Waals surface area contributed by atoms with Gasteiger partial charge in [-0.1, -0.05) is 0 Å². The van der Waals surface area contributed by atoms with Crippen molar-refractivity contribution in [2.45, 2.75) is 65.4 Å². The number of piperidine rings is 1. The molecule has 3 aliphatic rings. The number of ether oxygens (including phenoxy) is 2. The van der Waals surface area contributed by atoms with E-state index in [9.17, 15) is 14.4 Å². The highest BCUT2D eigenvalue weighted by atomic mass is 16.6. The zero-order valence-electron chi connectivity index (χ0n) is 16.8. The molecule has 3 rings (SSSR count). The number of rotatable bonds is 1. The molecule has 3 heterocycles. The molecule has 0 aromatic carbocycles. The van der Waals surface area contributed by atoms with Crippen LogP contribution < -0.4 is 0 Å². The van der Waals surface area contributed by atoms with Gasteiger partial charge >= 0.3 is 12.1 Å². The SMILES string of the molecule is CC1=C(N2CCC[C@@]3(CCCN(C(=O)OC(C)(C)C)CC3)C2=O)COC1=O. The number of cyclic esters (lactones) is 1. The van der Waals surface area contributed by atoms with Crippen LogP contribution in [0, 0.1) is 5.41 Å². The molecule has 0 aliphatic carbocycles. The second-order valence-corrected chi connectivity index (χ2v) is 8.81. The Kier molecular flexibility index (Phi) is 5.23. The number of likely N-dealkylation sites (tertiary alicyclic amines) is 2. The molecule has 0 radical (unpaired) electrons. The fraction of sp³-hybridized carbons (Fsp3) is 0.750. The normalized spacial score (nSPS) is 27.1. The van der Waals surface area contributed by atoms with E-state index in [1.807, 2.05) is 20.8 Å². The Morgan fingerprint density at radius 3 is 2.33 bits per heavy atom. The van der Waals surface area contributed by atoms with Gasteiger partial charge in [0.25, 0.3) is 0 Å². The highest BCUT2D eigenvalue weighted by molar-refractivity contribution is 5.93. The Morgan fingerprint density at radius 2 is 1.74 bits per heavy atom. The molecule has 150 valence electrons. The summed E-state index contributed by atoms with van der Waals surface area (Å²) in [5.74, 6) is -0.262. The second kappa shape index (κ2) is 7.17. The summed E-state index contributed by atoms with van der Waals surface area (Å²) < 4.78 is 10.6. The molecule has 2 fully saturated rings. The summed E-state index contributed by atoms with van der Waals surface area (Å²) in [6.45, 7) is 9.21. The lowest BCUT2D eigenvalue weighted by molar-refractivity contribution is -0.145. The lowest BCUT2D eigenvalue weighted by Gasteiger charge is -2.41. The number of nitrogens with zero attached hydrogens (tertiary/aromatic N) is 2. The van der Waals surface area contributed by atoms with Crippen LogP contribution in [0.4, 0.5) is 4.79 Å². The van der Waals surface area contributed by atoms with Crippen molar-refractivity contribution < 1.29 is 23.9 Å². The van der Waals surface area contributed by atoms with E-state index in [1.54, 1.807) is 16.7 Å². The Labute approximate surface area is 160 Å². The minimum atomic E-state index is -0.530. The number of hydrogen-bond acceptors (Lipinski definition) is 5. The number of carbonyl (C=O) groups excluding carboxylic acids is 3. The highest BCUT2D eigenvalue weighted by Gasteiger charge is 2.47. The number of carbonyl (C=O) groups is 3. The standard InChI is InChI=1S/C20H30N2O5/c1-14-15(13-26-16(14)23)22-11-6-8-20(17(22)24)7-5-10-21(12-9-20)18(25)27-19(2,3)4/h5-13H2,1-4H3/t20-/m1/s1. The maximum absolute atomic E-state index is 13.4. The van der Waals surface area contributed by atoms with Crippen molar-refractivity contribution >= 4 is 18.0 Å². The summed E-state index contributed by atoms with van der Waals surface area (Å²) in [5, 5.41) is 0. The molecule has 0 aromatic heterocycles. The van der Waals surface area contributed by atoms with Gasteiger partial charge in [0.15, 0.2) is 0 Å². The fourth-order valence-electron chi connectivity index (χ4n) is 4.24. The van der Waals surface area contributed by atoms with Gasteiger partial charge in [-0.3, -0.25) is 4.79 Å². The molecule has 1 spiro atoms. The summed E-state index contributed by atoms with van der Waals surface area (Å²) in [6.07, 6.45) is 3.56. The first-order valence-electron chi connectivity index (χ1n) is 9.80. The first-order chi connectivity index (χ1) is 12.6. The van der Waals surface area contributed by atoms with E-state index >= 15 is 0 Å². The van der Waals surface area contributed by atoms with Crippen molar-refractivity contribution in [1.82, 2.24) is 9.80 Å². The summed E-state index contributed by atoms with van der Waals surface area (Å²) >= 11 is 0. The maximum atomic E-state index is 13.4. The Bertz CT molecular complexity index is 678. The average molecular weight is 378 g/mol. The first-order valence-corrected chi connectivity index (χ1v) is 9.80. The molecule has 7 heteroatoms. The van der Waals surface area contributed by atoms with Crippen LogP contribution in [0.25, 0.3) is 0 Å². The van der Waals surface area contributed by atoms with Crippen molar-refractivity contribution in [2.75, 3.05) is 26.2 Å². The number of hydrogen-bond donors (Lipinski definition) is 0. The molecular weight excluding hydrogens is 348 g/mol. The molecule has 0 bridgehead atoms. The van der Waals surface area contributed by atoms with Crippen molar-refractivity contribution in [1.29, 1.82) is 0 Å². The zero-order chi connectivity index (χ0) is 19.8. The van der Waals surface area contributed by atoms with E-state index in [-0.39, 0.29) is 24.6 Å². The quantitative estimate of drug-likeness (QED) is 0.656. The van der Waals surface area contributed by atoms with Crippen LogP contribution in [0.15, 0.2) is 11.3 Å². The number of esters is 1. The minimum Gasteiger partial charge on any atom is -0.456 e. The third-order valence-corrected chi connectivity index (χ3v) is 5.74. The number of amides is 2. The van der Waals surface area contributed by atoms with Crippen LogP contribution in [0.2, 0.25) is 0 Å². The van der Waals surface area contributed by atoms with E-state index in [0.717, 1.165) is 25.7 Å². The monoisotopic (exact) mass is 378 g/mol. The van der Waals surface area contributed by atoms with Gasteiger partial charge in [-0.2, -0.15) is 0 Å². The van der Waals surface area contributed by atoms with E-state index in [0.29, 0.717) is 37.3 Å². The van der Waals surface area contributed by atoms with Crippen molar-refractivity contribution in [3.05, 3.63) is 11.3 Å². The van der Waals surface area contributed by atoms with Gasteiger partial charge < -0.3 is 19.3 Å². The van der Waals surface area contributed by atoms with Gasteiger partial charge in [0.2, 0.25) is 5.91 Å². The molecule has 0 unspecified atom stereocenters. The molecule has 0 N–H and O–H groups in total. The molecule has 2 amide bonds. The Hall–Kier alpha value is -2.05. The molecular formula is C20H30N2O5. The summed E-state index contributed by atoms with van der Waals surface area (Å²) in [6, 6.07) is 0. The van der Waals surface area contributed by atoms with Gasteiger partial charge in [-0.25, -0.2) is 9.59 Å². The van der Waals surface area contributed by atoms with Gasteiger partial charge in [0, 0.05) is 19.6 Å². The fourth-order valence-corrected chi connectivity index (χ4v) is 4.24. The molecule has 0 saturated carbocycles. The van der Waals surface area contributed by atoms with E-state index < -0.39 is 11.0 Å². The minimum absolute atomic E-state index is 0.0763. The van der Waals surface area contributed by atoms with Gasteiger partial charge in [-0.15, -0.1) is 0 Å². The molecule has 3 aliphatic heterocycles. The molecule has 2 saturated heterocycles. The van der Waals surface area contributed by atoms with Gasteiger partial charge in [-0.05, 0) is 59.8 Å². The van der Waals surface area contributed by atoms with Crippen LogP contribution in [0.3, 0.4) is 0 Å². The Balaban J connectivity index is 1.73. The predicted octanol–water partition coefficient (Wildman–Crippen LogP) is 2.85. The van der Waals surface area contributed by atoms with Crippen molar-refractivity contribution in [3.8, 4) is 0 Å². The molecule has 27 heavy (non-hydrogen) atoms. The zero-order valence-corrected chi connectivity index (χ0v) is 16.8. The van der Waals surface area contributed by atoms with Gasteiger partial charge in [0.1, 0.15) is 12.2 Å². The highest BCUT2D eigenvalue weighted by Crippen LogP contribution is 2.42.